The lowest BCUT2D eigenvalue weighted by molar-refractivity contribution is 0.0473. The van der Waals surface area contributed by atoms with Crippen LogP contribution < -0.4 is 0 Å². The summed E-state index contributed by atoms with van der Waals surface area (Å²) in [5, 5.41) is 9.67. The number of hydrogen-bond donors (Lipinski definition) is 1. The molecule has 1 fully saturated rings. The number of piperidine rings is 1. The molecule has 0 radical (unpaired) electrons. The molecule has 1 unspecified atom stereocenters. The van der Waals surface area contributed by atoms with Gasteiger partial charge in [0.1, 0.15) is 0 Å². The molecule has 1 heterocycles. The number of likely N-dealkylation sites (tertiary alicyclic amines) is 1. The fourth-order valence-corrected chi connectivity index (χ4v) is 2.47. The van der Waals surface area contributed by atoms with Gasteiger partial charge in [0, 0.05) is 37.8 Å². The highest BCUT2D eigenvalue weighted by Gasteiger charge is 2.23. The van der Waals surface area contributed by atoms with E-state index in [1.165, 1.54) is 0 Å². The molecule has 1 saturated heterocycles. The maximum atomic E-state index is 12.4. The van der Waals surface area contributed by atoms with Gasteiger partial charge in [-0.25, -0.2) is 0 Å². The van der Waals surface area contributed by atoms with Gasteiger partial charge in [-0.3, -0.25) is 9.59 Å². The third-order valence-electron chi connectivity index (χ3n) is 3.86. The molecule has 1 aliphatic heterocycles. The number of rotatable bonds is 3. The standard InChI is InChI=1S/C16H22N2O3/c1-3-17(2)15(20)12-6-4-7-13(10-12)16(21)18-9-5-8-14(19)11-18/h4,6-7,10,14,19H,3,5,8-9,11H2,1-2H3. The number of carbonyl (C=O) groups is 2. The first kappa shape index (κ1) is 15.5. The summed E-state index contributed by atoms with van der Waals surface area (Å²) in [7, 11) is 1.73. The Morgan fingerprint density at radius 1 is 1.38 bits per heavy atom. The van der Waals surface area contributed by atoms with Crippen molar-refractivity contribution in [3.05, 3.63) is 35.4 Å². The van der Waals surface area contributed by atoms with Crippen molar-refractivity contribution >= 4 is 11.8 Å². The van der Waals surface area contributed by atoms with E-state index in [1.807, 2.05) is 6.92 Å². The van der Waals surface area contributed by atoms with Crippen LogP contribution in [-0.2, 0) is 0 Å². The van der Waals surface area contributed by atoms with E-state index in [9.17, 15) is 14.7 Å². The molecule has 21 heavy (non-hydrogen) atoms. The largest absolute Gasteiger partial charge is 0.391 e. The number of amides is 2. The predicted molar refractivity (Wildman–Crippen MR) is 80.2 cm³/mol. The van der Waals surface area contributed by atoms with Gasteiger partial charge in [-0.2, -0.15) is 0 Å². The molecule has 0 aliphatic carbocycles. The first-order chi connectivity index (χ1) is 10.0. The number of benzene rings is 1. The van der Waals surface area contributed by atoms with Gasteiger partial charge in [-0.15, -0.1) is 0 Å². The lowest BCUT2D eigenvalue weighted by Gasteiger charge is -2.30. The number of hydrogen-bond acceptors (Lipinski definition) is 3. The van der Waals surface area contributed by atoms with Crippen LogP contribution in [0, 0.1) is 0 Å². The Balaban J connectivity index is 2.16. The van der Waals surface area contributed by atoms with E-state index in [2.05, 4.69) is 0 Å². The second-order valence-corrected chi connectivity index (χ2v) is 5.45. The Bertz CT molecular complexity index is 530. The van der Waals surface area contributed by atoms with Gasteiger partial charge >= 0.3 is 0 Å². The van der Waals surface area contributed by atoms with E-state index in [4.69, 9.17) is 0 Å². The summed E-state index contributed by atoms with van der Waals surface area (Å²) in [5.74, 6) is -0.214. The minimum atomic E-state index is -0.446. The van der Waals surface area contributed by atoms with Crippen LogP contribution in [-0.4, -0.2) is 59.5 Å². The second-order valence-electron chi connectivity index (χ2n) is 5.45. The van der Waals surface area contributed by atoms with Crippen molar-refractivity contribution in [2.24, 2.45) is 0 Å². The Hall–Kier alpha value is -1.88. The Morgan fingerprint density at radius 2 is 2.10 bits per heavy atom. The van der Waals surface area contributed by atoms with Gasteiger partial charge in [-0.1, -0.05) is 6.07 Å². The monoisotopic (exact) mass is 290 g/mol. The molecular weight excluding hydrogens is 268 g/mol. The maximum Gasteiger partial charge on any atom is 0.253 e. The zero-order valence-electron chi connectivity index (χ0n) is 12.6. The van der Waals surface area contributed by atoms with Crippen LogP contribution >= 0.6 is 0 Å². The molecule has 2 amide bonds. The average Bonchev–Trinajstić information content (AvgIpc) is 2.52. The lowest BCUT2D eigenvalue weighted by Crippen LogP contribution is -2.42. The summed E-state index contributed by atoms with van der Waals surface area (Å²) < 4.78 is 0. The van der Waals surface area contributed by atoms with Gasteiger partial charge in [0.25, 0.3) is 11.8 Å². The molecule has 1 N–H and O–H groups in total. The van der Waals surface area contributed by atoms with Crippen molar-refractivity contribution in [1.29, 1.82) is 0 Å². The van der Waals surface area contributed by atoms with Gasteiger partial charge in [0.15, 0.2) is 0 Å². The van der Waals surface area contributed by atoms with E-state index in [-0.39, 0.29) is 11.8 Å². The van der Waals surface area contributed by atoms with Crippen molar-refractivity contribution in [2.45, 2.75) is 25.9 Å². The Labute approximate surface area is 125 Å². The van der Waals surface area contributed by atoms with Crippen molar-refractivity contribution in [3.8, 4) is 0 Å². The summed E-state index contributed by atoms with van der Waals surface area (Å²) >= 11 is 0. The Morgan fingerprint density at radius 3 is 2.76 bits per heavy atom. The van der Waals surface area contributed by atoms with Crippen molar-refractivity contribution in [1.82, 2.24) is 9.80 Å². The van der Waals surface area contributed by atoms with E-state index < -0.39 is 6.10 Å². The number of nitrogens with zero attached hydrogens (tertiary/aromatic N) is 2. The third kappa shape index (κ3) is 3.61. The lowest BCUT2D eigenvalue weighted by atomic mass is 10.0. The number of aliphatic hydroxyl groups is 1. The highest BCUT2D eigenvalue weighted by Crippen LogP contribution is 2.15. The number of β-amino-alcohol motifs (C(OH)–C–C–N with tert-alkyl or cyclic N) is 1. The van der Waals surface area contributed by atoms with Gasteiger partial charge < -0.3 is 14.9 Å². The molecule has 1 atom stereocenters. The minimum Gasteiger partial charge on any atom is -0.391 e. The molecular formula is C16H22N2O3. The number of carbonyl (C=O) groups excluding carboxylic acids is 2. The van der Waals surface area contributed by atoms with E-state index in [0.717, 1.165) is 12.8 Å². The highest BCUT2D eigenvalue weighted by atomic mass is 16.3. The quantitative estimate of drug-likeness (QED) is 0.914. The summed E-state index contributed by atoms with van der Waals surface area (Å²) in [6.07, 6.45) is 1.10. The van der Waals surface area contributed by atoms with Crippen LogP contribution in [0.2, 0.25) is 0 Å². The molecule has 114 valence electrons. The summed E-state index contributed by atoms with van der Waals surface area (Å²) in [4.78, 5) is 27.8. The molecule has 1 aromatic carbocycles. The average molecular weight is 290 g/mol. The van der Waals surface area contributed by atoms with Crippen molar-refractivity contribution < 1.29 is 14.7 Å². The van der Waals surface area contributed by atoms with E-state index >= 15 is 0 Å². The van der Waals surface area contributed by atoms with Crippen LogP contribution in [0.25, 0.3) is 0 Å². The molecule has 1 aliphatic rings. The smallest absolute Gasteiger partial charge is 0.253 e. The molecule has 0 spiro atoms. The topological polar surface area (TPSA) is 60.9 Å². The first-order valence-electron chi connectivity index (χ1n) is 7.35. The van der Waals surface area contributed by atoms with Crippen LogP contribution in [0.1, 0.15) is 40.5 Å². The first-order valence-corrected chi connectivity index (χ1v) is 7.35. The SMILES string of the molecule is CCN(C)C(=O)c1cccc(C(=O)N2CCCC(O)C2)c1. The van der Waals surface area contributed by atoms with Crippen molar-refractivity contribution in [2.75, 3.05) is 26.7 Å². The fourth-order valence-electron chi connectivity index (χ4n) is 2.47. The predicted octanol–water partition coefficient (Wildman–Crippen LogP) is 1.38. The molecule has 2 rings (SSSR count). The molecule has 0 bridgehead atoms. The van der Waals surface area contributed by atoms with Crippen LogP contribution in [0.5, 0.6) is 0 Å². The van der Waals surface area contributed by atoms with E-state index in [0.29, 0.717) is 30.8 Å². The summed E-state index contributed by atoms with van der Waals surface area (Å²) in [5.41, 5.74) is 1.02. The van der Waals surface area contributed by atoms with Crippen LogP contribution in [0.15, 0.2) is 24.3 Å². The number of aliphatic hydroxyl groups excluding tert-OH is 1. The van der Waals surface area contributed by atoms with Crippen LogP contribution in [0.3, 0.4) is 0 Å². The van der Waals surface area contributed by atoms with Gasteiger partial charge in [-0.05, 0) is 38.0 Å². The van der Waals surface area contributed by atoms with E-state index in [1.54, 1.807) is 41.1 Å². The summed E-state index contributed by atoms with van der Waals surface area (Å²) in [6, 6.07) is 6.80. The summed E-state index contributed by atoms with van der Waals surface area (Å²) in [6.45, 7) is 3.55. The highest BCUT2D eigenvalue weighted by molar-refractivity contribution is 5.99. The zero-order chi connectivity index (χ0) is 15.4. The minimum absolute atomic E-state index is 0.0918. The third-order valence-corrected chi connectivity index (χ3v) is 3.86. The zero-order valence-corrected chi connectivity index (χ0v) is 12.6. The molecule has 5 nitrogen and oxygen atoms in total. The molecule has 0 aromatic heterocycles. The second kappa shape index (κ2) is 6.72. The normalized spacial score (nSPS) is 18.4. The molecule has 1 aromatic rings. The van der Waals surface area contributed by atoms with Crippen LogP contribution in [0.4, 0.5) is 0 Å². The van der Waals surface area contributed by atoms with Gasteiger partial charge in [0.2, 0.25) is 0 Å². The fraction of sp³-hybridized carbons (Fsp3) is 0.500. The van der Waals surface area contributed by atoms with Gasteiger partial charge in [0.05, 0.1) is 6.10 Å². The molecule has 0 saturated carbocycles. The molecule has 5 heteroatoms. The van der Waals surface area contributed by atoms with Crippen molar-refractivity contribution in [3.63, 3.8) is 0 Å². The maximum absolute atomic E-state index is 12.4. The Kier molecular flexibility index (Phi) is 4.96.